The standard InChI is InChI=1S/C2Cl6.N/c3-1(4,5)2(6,7)8;. The summed E-state index contributed by atoms with van der Waals surface area (Å²) in [6.07, 6.45) is 0. The van der Waals surface area contributed by atoms with Gasteiger partial charge in [0, 0.05) is 6.15 Å². The number of hydrogen-bond donors (Lipinski definition) is 0. The van der Waals surface area contributed by atoms with E-state index in [2.05, 4.69) is 0 Å². The van der Waals surface area contributed by atoms with Crippen LogP contribution in [0.1, 0.15) is 0 Å². The number of rotatable bonds is 0. The maximum Gasteiger partial charge on any atom is 0.236 e. The Balaban J connectivity index is 0. The van der Waals surface area contributed by atoms with Crippen LogP contribution in [0.15, 0.2) is 0 Å². The van der Waals surface area contributed by atoms with Crippen LogP contribution in [0.3, 0.4) is 0 Å². The first-order chi connectivity index (χ1) is 3.25. The van der Waals surface area contributed by atoms with Gasteiger partial charge in [0.15, 0.2) is 0 Å². The smallest absolute Gasteiger partial charge is 0.0788 e. The lowest BCUT2D eigenvalue weighted by molar-refractivity contribution is 1.10. The van der Waals surface area contributed by atoms with E-state index in [0.717, 1.165) is 0 Å². The molecule has 0 aliphatic carbocycles. The molecule has 0 aliphatic heterocycles. The van der Waals surface area contributed by atoms with E-state index in [1.54, 1.807) is 0 Å². The van der Waals surface area contributed by atoms with Crippen LogP contribution in [0.2, 0.25) is 0 Å². The van der Waals surface area contributed by atoms with Gasteiger partial charge in [0.25, 0.3) is 0 Å². The largest absolute Gasteiger partial charge is 0.236 e. The molecule has 0 aromatic heterocycles. The van der Waals surface area contributed by atoms with Crippen molar-refractivity contribution >= 4 is 69.6 Å². The number of nitrogens with zero attached hydrogens (tertiary/aromatic N) is 1. The van der Waals surface area contributed by atoms with Gasteiger partial charge in [-0.25, -0.2) is 0 Å². The van der Waals surface area contributed by atoms with E-state index in [-0.39, 0.29) is 6.15 Å². The van der Waals surface area contributed by atoms with Crippen molar-refractivity contribution in [2.45, 2.75) is 7.59 Å². The minimum atomic E-state index is -1.85. The van der Waals surface area contributed by atoms with Crippen LogP contribution in [0.5, 0.6) is 0 Å². The average molecular weight is 251 g/mol. The third-order valence-electron chi connectivity index (χ3n) is 0.321. The normalized spacial score (nSPS) is 12.7. The molecule has 0 fully saturated rings. The lowest BCUT2D eigenvalue weighted by atomic mass is 10.9. The molecule has 0 bridgehead atoms. The molecule has 0 heterocycles. The summed E-state index contributed by atoms with van der Waals surface area (Å²) in [5.41, 5.74) is 0. The Hall–Kier alpha value is 1.70. The Bertz CT molecular complexity index is 66.0. The molecule has 0 saturated heterocycles. The van der Waals surface area contributed by atoms with Gasteiger partial charge in [-0.05, 0) is 0 Å². The topological polar surface area (TPSA) is 30.5 Å². The van der Waals surface area contributed by atoms with Crippen LogP contribution >= 0.6 is 69.6 Å². The molecule has 0 atom stereocenters. The minimum Gasteiger partial charge on any atom is -0.0788 e. The van der Waals surface area contributed by atoms with Gasteiger partial charge in [-0.2, -0.15) is 0 Å². The third-order valence-corrected chi connectivity index (χ3v) is 2.89. The van der Waals surface area contributed by atoms with Crippen LogP contribution in [0.4, 0.5) is 0 Å². The summed E-state index contributed by atoms with van der Waals surface area (Å²) in [6, 6.07) is 0. The van der Waals surface area contributed by atoms with E-state index in [4.69, 9.17) is 69.6 Å². The first-order valence-electron chi connectivity index (χ1n) is 1.38. The van der Waals surface area contributed by atoms with Gasteiger partial charge in [-0.15, -0.1) is 0 Å². The first kappa shape index (κ1) is 13.3. The maximum atomic E-state index is 5.14. The molecule has 3 radical (unpaired) electrons. The SMILES string of the molecule is ClC(Cl)(Cl)C(Cl)(Cl)Cl.[N]. The fourth-order valence-electron chi connectivity index (χ4n) is 0. The Morgan fingerprint density at radius 1 is 0.556 bits per heavy atom. The summed E-state index contributed by atoms with van der Waals surface area (Å²) >= 11 is 30.9. The molecule has 0 rings (SSSR count). The zero-order chi connectivity index (χ0) is 7.00. The van der Waals surface area contributed by atoms with E-state index in [1.807, 2.05) is 0 Å². The van der Waals surface area contributed by atoms with Crippen LogP contribution < -0.4 is 6.15 Å². The predicted molar refractivity (Wildman–Crippen MR) is 42.7 cm³/mol. The highest BCUT2D eigenvalue weighted by Gasteiger charge is 2.43. The van der Waals surface area contributed by atoms with Gasteiger partial charge in [0.2, 0.25) is 7.59 Å². The van der Waals surface area contributed by atoms with Crippen molar-refractivity contribution < 1.29 is 0 Å². The highest BCUT2D eigenvalue weighted by molar-refractivity contribution is 6.83. The molecule has 7 heteroatoms. The van der Waals surface area contributed by atoms with E-state index < -0.39 is 7.59 Å². The predicted octanol–water partition coefficient (Wildman–Crippen LogP) is 3.25. The Kier molecular flexibility index (Phi) is 5.78. The van der Waals surface area contributed by atoms with Crippen molar-refractivity contribution in [2.75, 3.05) is 0 Å². The van der Waals surface area contributed by atoms with Gasteiger partial charge < -0.3 is 0 Å². The van der Waals surface area contributed by atoms with Crippen LogP contribution in [0, 0.1) is 0 Å². The molecule has 0 aromatic rings. The highest BCUT2D eigenvalue weighted by atomic mass is 35.6. The summed E-state index contributed by atoms with van der Waals surface area (Å²) < 4.78 is -3.70. The summed E-state index contributed by atoms with van der Waals surface area (Å²) in [5.74, 6) is 0. The van der Waals surface area contributed by atoms with Gasteiger partial charge in [-0.1, -0.05) is 69.6 Å². The molecule has 1 nitrogen and oxygen atoms in total. The van der Waals surface area contributed by atoms with Crippen molar-refractivity contribution in [3.63, 3.8) is 0 Å². The molecule has 0 spiro atoms. The Morgan fingerprint density at radius 3 is 0.667 bits per heavy atom. The molecule has 0 N–H and O–H groups in total. The van der Waals surface area contributed by atoms with Crippen molar-refractivity contribution in [1.29, 1.82) is 0 Å². The van der Waals surface area contributed by atoms with E-state index in [1.165, 1.54) is 0 Å². The van der Waals surface area contributed by atoms with Crippen LogP contribution in [-0.2, 0) is 0 Å². The van der Waals surface area contributed by atoms with E-state index >= 15 is 0 Å². The zero-order valence-corrected chi connectivity index (χ0v) is 8.25. The molecule has 0 aliphatic rings. The van der Waals surface area contributed by atoms with Gasteiger partial charge >= 0.3 is 0 Å². The fourth-order valence-corrected chi connectivity index (χ4v) is 0. The number of halogens is 6. The minimum absolute atomic E-state index is 0. The zero-order valence-electron chi connectivity index (χ0n) is 3.72. The monoisotopic (exact) mass is 248 g/mol. The second kappa shape index (κ2) is 3.91. The van der Waals surface area contributed by atoms with Crippen molar-refractivity contribution in [3.8, 4) is 0 Å². The van der Waals surface area contributed by atoms with E-state index in [0.29, 0.717) is 0 Å². The lowest BCUT2D eigenvalue weighted by Crippen LogP contribution is -2.23. The number of hydrogen-bond acceptors (Lipinski definition) is 0. The average Bonchev–Trinajstić information content (AvgIpc) is 1.25. The maximum absolute atomic E-state index is 5.14. The van der Waals surface area contributed by atoms with Gasteiger partial charge in [0.05, 0.1) is 0 Å². The number of alkyl halides is 6. The first-order valence-corrected chi connectivity index (χ1v) is 3.65. The van der Waals surface area contributed by atoms with Crippen molar-refractivity contribution in [3.05, 3.63) is 0 Å². The summed E-state index contributed by atoms with van der Waals surface area (Å²) in [6.45, 7) is 0. The van der Waals surface area contributed by atoms with Crippen LogP contribution in [-0.4, -0.2) is 7.59 Å². The van der Waals surface area contributed by atoms with Gasteiger partial charge in [0.1, 0.15) is 0 Å². The molecule has 0 amide bonds. The molecule has 0 unspecified atom stereocenters. The van der Waals surface area contributed by atoms with Crippen LogP contribution in [0.25, 0.3) is 0 Å². The summed E-state index contributed by atoms with van der Waals surface area (Å²) in [7, 11) is 0. The molecule has 55 valence electrons. The third kappa shape index (κ3) is 5.02. The molecule has 0 saturated carbocycles. The molecular formula is C2Cl6N. The molecular weight excluding hydrogens is 251 g/mol. The van der Waals surface area contributed by atoms with Gasteiger partial charge in [-0.3, -0.25) is 0 Å². The molecule has 9 heavy (non-hydrogen) atoms. The van der Waals surface area contributed by atoms with Crippen molar-refractivity contribution in [2.24, 2.45) is 0 Å². The Morgan fingerprint density at radius 2 is 0.667 bits per heavy atom. The lowest BCUT2D eigenvalue weighted by Gasteiger charge is -2.19. The second-order valence-corrected chi connectivity index (χ2v) is 5.56. The molecule has 0 aromatic carbocycles. The van der Waals surface area contributed by atoms with E-state index in [9.17, 15) is 0 Å². The Labute approximate surface area is 83.1 Å². The highest BCUT2D eigenvalue weighted by Crippen LogP contribution is 2.48. The van der Waals surface area contributed by atoms with Crippen molar-refractivity contribution in [1.82, 2.24) is 6.15 Å². The summed E-state index contributed by atoms with van der Waals surface area (Å²) in [4.78, 5) is 0. The quantitative estimate of drug-likeness (QED) is 0.591. The second-order valence-electron chi connectivity index (χ2n) is 0.996. The fraction of sp³-hybridized carbons (Fsp3) is 1.00. The summed E-state index contributed by atoms with van der Waals surface area (Å²) in [5, 5.41) is 0.